The fourth-order valence-corrected chi connectivity index (χ4v) is 3.11. The third kappa shape index (κ3) is 8.82. The number of carboxylic acid groups (broad SMARTS) is 1. The van der Waals surface area contributed by atoms with Gasteiger partial charge in [0.05, 0.1) is 17.7 Å². The highest BCUT2D eigenvalue weighted by Crippen LogP contribution is 2.22. The zero-order chi connectivity index (χ0) is 26.0. The summed E-state index contributed by atoms with van der Waals surface area (Å²) in [6.07, 6.45) is 0.954. The van der Waals surface area contributed by atoms with Gasteiger partial charge in [-0.15, -0.1) is 5.53 Å². The van der Waals surface area contributed by atoms with Gasteiger partial charge in [0, 0.05) is 13.1 Å². The molecule has 0 aliphatic rings. The monoisotopic (exact) mass is 485 g/mol. The van der Waals surface area contributed by atoms with Crippen LogP contribution in [0.15, 0.2) is 42.5 Å². The Kier molecular flexibility index (Phi) is 10.3. The lowest BCUT2D eigenvalue weighted by molar-refractivity contribution is -0.141. The number of aliphatic carboxylic acids is 1. The topological polar surface area (TPSA) is 132 Å². The van der Waals surface area contributed by atoms with Gasteiger partial charge in [0.25, 0.3) is 0 Å². The first-order valence-corrected chi connectivity index (χ1v) is 11.5. The van der Waals surface area contributed by atoms with Crippen molar-refractivity contribution in [3.05, 3.63) is 59.2 Å². The molecule has 5 N–H and O–H groups in total. The number of ether oxygens (including phenoxy) is 1. The van der Waals surface area contributed by atoms with E-state index in [1.165, 1.54) is 12.5 Å². The van der Waals surface area contributed by atoms with Gasteiger partial charge in [0.2, 0.25) is 0 Å². The molecule has 0 spiro atoms. The normalized spacial score (nSPS) is 11.5. The van der Waals surface area contributed by atoms with Crippen molar-refractivity contribution in [2.45, 2.75) is 53.7 Å². The molecule has 0 heterocycles. The number of hydrogen-bond acceptors (Lipinski definition) is 6. The molecular formula is C25H35N5O5. The molecule has 2 aromatic carbocycles. The SMILES string of the molecule is CCc1ccc(CNC(=O)N(C[C@H](C)C(=O)O)C(=O)NNNc2ccc(OC(C)C)c(C)c2)cc1. The van der Waals surface area contributed by atoms with Crippen LogP contribution in [0.4, 0.5) is 15.3 Å². The zero-order valence-electron chi connectivity index (χ0n) is 20.8. The minimum absolute atomic E-state index is 0.0472. The molecule has 0 saturated carbocycles. The van der Waals surface area contributed by atoms with E-state index in [0.717, 1.165) is 28.2 Å². The molecule has 0 unspecified atom stereocenters. The molecule has 2 rings (SSSR count). The fraction of sp³-hybridized carbons (Fsp3) is 0.400. The van der Waals surface area contributed by atoms with Crippen LogP contribution in [0, 0.1) is 12.8 Å². The predicted octanol–water partition coefficient (Wildman–Crippen LogP) is 3.82. The first-order valence-electron chi connectivity index (χ1n) is 11.5. The highest BCUT2D eigenvalue weighted by Gasteiger charge is 2.26. The summed E-state index contributed by atoms with van der Waals surface area (Å²) in [6, 6.07) is 11.6. The molecule has 2 aromatic rings. The molecule has 0 fully saturated rings. The van der Waals surface area contributed by atoms with Gasteiger partial charge in [-0.05, 0) is 62.1 Å². The van der Waals surface area contributed by atoms with Crippen molar-refractivity contribution in [1.29, 1.82) is 0 Å². The van der Waals surface area contributed by atoms with E-state index in [1.807, 2.05) is 57.2 Å². The van der Waals surface area contributed by atoms with Crippen molar-refractivity contribution < 1.29 is 24.2 Å². The van der Waals surface area contributed by atoms with Crippen LogP contribution >= 0.6 is 0 Å². The van der Waals surface area contributed by atoms with E-state index in [2.05, 4.69) is 28.6 Å². The van der Waals surface area contributed by atoms with E-state index in [9.17, 15) is 19.5 Å². The van der Waals surface area contributed by atoms with Crippen molar-refractivity contribution in [3.8, 4) is 5.75 Å². The number of amides is 4. The number of nitrogens with zero attached hydrogens (tertiary/aromatic N) is 1. The average molecular weight is 486 g/mol. The Hall–Kier alpha value is -3.79. The molecule has 35 heavy (non-hydrogen) atoms. The number of hydrogen-bond donors (Lipinski definition) is 5. The minimum atomic E-state index is -1.11. The van der Waals surface area contributed by atoms with Crippen LogP contribution in [0.25, 0.3) is 0 Å². The maximum atomic E-state index is 12.7. The number of carbonyl (C=O) groups excluding carboxylic acids is 2. The summed E-state index contributed by atoms with van der Waals surface area (Å²) >= 11 is 0. The molecule has 1 atom stereocenters. The van der Waals surface area contributed by atoms with Gasteiger partial charge < -0.3 is 20.6 Å². The van der Waals surface area contributed by atoms with Crippen LogP contribution in [0.1, 0.15) is 44.4 Å². The highest BCUT2D eigenvalue weighted by atomic mass is 16.5. The second-order valence-electron chi connectivity index (χ2n) is 8.51. The van der Waals surface area contributed by atoms with E-state index < -0.39 is 23.9 Å². The first kappa shape index (κ1) is 27.5. The molecule has 4 amide bonds. The van der Waals surface area contributed by atoms with Crippen molar-refractivity contribution in [2.24, 2.45) is 5.92 Å². The number of nitrogens with one attached hydrogen (secondary N) is 4. The van der Waals surface area contributed by atoms with Gasteiger partial charge in [-0.25, -0.2) is 14.5 Å². The Morgan fingerprint density at radius 2 is 1.66 bits per heavy atom. The van der Waals surface area contributed by atoms with Gasteiger partial charge in [-0.3, -0.25) is 10.2 Å². The van der Waals surface area contributed by atoms with Crippen LogP contribution in [0.3, 0.4) is 0 Å². The molecule has 190 valence electrons. The Morgan fingerprint density at radius 1 is 1.00 bits per heavy atom. The lowest BCUT2D eigenvalue weighted by atomic mass is 10.1. The fourth-order valence-electron chi connectivity index (χ4n) is 3.11. The van der Waals surface area contributed by atoms with Gasteiger partial charge in [0.15, 0.2) is 0 Å². The molecule has 10 heteroatoms. The summed E-state index contributed by atoms with van der Waals surface area (Å²) in [4.78, 5) is 37.6. The standard InChI is InChI=1S/C25H35N5O5/c1-6-19-7-9-20(10-8-19)14-26-24(33)30(15-18(5)23(31)32)25(34)28-29-27-21-11-12-22(17(4)13-21)35-16(2)3/h7-13,16,18,27,29H,6,14-15H2,1-5H3,(H,26,33)(H,28,34)(H,31,32)/t18-/m0/s1. The number of carbonyl (C=O) groups is 3. The van der Waals surface area contributed by atoms with Crippen LogP contribution in [0.5, 0.6) is 5.75 Å². The number of rotatable bonds is 11. The Morgan fingerprint density at radius 3 is 2.23 bits per heavy atom. The van der Waals surface area contributed by atoms with Gasteiger partial charge in [-0.2, -0.15) is 0 Å². The number of carboxylic acids is 1. The number of aryl methyl sites for hydroxylation is 2. The van der Waals surface area contributed by atoms with E-state index in [4.69, 9.17) is 4.74 Å². The Bertz CT molecular complexity index is 1010. The summed E-state index contributed by atoms with van der Waals surface area (Å²) in [5, 5.41) is 11.9. The van der Waals surface area contributed by atoms with Crippen LogP contribution < -0.4 is 26.4 Å². The maximum absolute atomic E-state index is 12.7. The van der Waals surface area contributed by atoms with E-state index >= 15 is 0 Å². The number of hydrazine groups is 2. The lowest BCUT2D eigenvalue weighted by Gasteiger charge is -2.24. The first-order chi connectivity index (χ1) is 16.6. The number of benzene rings is 2. The molecule has 0 bridgehead atoms. The molecule has 0 saturated heterocycles. The largest absolute Gasteiger partial charge is 0.491 e. The molecule has 0 aliphatic carbocycles. The van der Waals surface area contributed by atoms with Crippen molar-refractivity contribution >= 4 is 23.7 Å². The summed E-state index contributed by atoms with van der Waals surface area (Å²) in [5.41, 5.74) is 11.4. The van der Waals surface area contributed by atoms with Crippen LogP contribution in [-0.2, 0) is 17.8 Å². The second-order valence-corrected chi connectivity index (χ2v) is 8.51. The van der Waals surface area contributed by atoms with Gasteiger partial charge in [-0.1, -0.05) is 38.1 Å². The molecular weight excluding hydrogens is 450 g/mol. The minimum Gasteiger partial charge on any atom is -0.491 e. The van der Waals surface area contributed by atoms with Gasteiger partial charge in [0.1, 0.15) is 5.75 Å². The Labute approximate surface area is 206 Å². The lowest BCUT2D eigenvalue weighted by Crippen LogP contribution is -2.54. The smallest absolute Gasteiger partial charge is 0.341 e. The van der Waals surface area contributed by atoms with E-state index in [0.29, 0.717) is 5.69 Å². The molecule has 0 aromatic heterocycles. The molecule has 10 nitrogen and oxygen atoms in total. The van der Waals surface area contributed by atoms with Crippen LogP contribution in [0.2, 0.25) is 0 Å². The van der Waals surface area contributed by atoms with Crippen molar-refractivity contribution in [3.63, 3.8) is 0 Å². The predicted molar refractivity (Wildman–Crippen MR) is 134 cm³/mol. The number of urea groups is 2. The highest BCUT2D eigenvalue weighted by molar-refractivity contribution is 5.93. The van der Waals surface area contributed by atoms with E-state index in [-0.39, 0.29) is 19.2 Å². The maximum Gasteiger partial charge on any atom is 0.341 e. The summed E-state index contributed by atoms with van der Waals surface area (Å²) in [7, 11) is 0. The quantitative estimate of drug-likeness (QED) is 0.306. The zero-order valence-corrected chi connectivity index (χ0v) is 20.8. The number of imide groups is 1. The van der Waals surface area contributed by atoms with Crippen molar-refractivity contribution in [1.82, 2.24) is 21.2 Å². The third-order valence-electron chi connectivity index (χ3n) is 5.16. The summed E-state index contributed by atoms with van der Waals surface area (Å²) < 4.78 is 5.71. The average Bonchev–Trinajstić information content (AvgIpc) is 2.82. The van der Waals surface area contributed by atoms with Gasteiger partial charge >= 0.3 is 18.0 Å². The van der Waals surface area contributed by atoms with Crippen molar-refractivity contribution in [2.75, 3.05) is 12.0 Å². The second kappa shape index (κ2) is 13.2. The number of anilines is 1. The van der Waals surface area contributed by atoms with Crippen LogP contribution in [-0.4, -0.2) is 40.7 Å². The van der Waals surface area contributed by atoms with E-state index in [1.54, 1.807) is 6.07 Å². The Balaban J connectivity index is 1.98. The molecule has 0 aliphatic heterocycles. The molecule has 0 radical (unpaired) electrons. The third-order valence-corrected chi connectivity index (χ3v) is 5.16. The summed E-state index contributed by atoms with van der Waals surface area (Å²) in [5.74, 6) is -1.31. The summed E-state index contributed by atoms with van der Waals surface area (Å²) in [6.45, 7) is 9.16.